The summed E-state index contributed by atoms with van der Waals surface area (Å²) in [6, 6.07) is 5.08. The van der Waals surface area contributed by atoms with Crippen LogP contribution in [0.4, 0.5) is 10.1 Å². The largest absolute Gasteiger partial charge is 0.481 e. The van der Waals surface area contributed by atoms with E-state index in [1.807, 2.05) is 6.92 Å². The van der Waals surface area contributed by atoms with E-state index in [1.165, 1.54) is 12.1 Å². The highest BCUT2D eigenvalue weighted by atomic mass is 19.1. The maximum Gasteiger partial charge on any atom is 0.265 e. The van der Waals surface area contributed by atoms with Crippen molar-refractivity contribution in [1.29, 1.82) is 0 Å². The lowest BCUT2D eigenvalue weighted by Crippen LogP contribution is -2.38. The number of anilines is 1. The molecule has 0 bridgehead atoms. The number of hydrogen-bond donors (Lipinski definition) is 0. The van der Waals surface area contributed by atoms with Crippen molar-refractivity contribution >= 4 is 11.6 Å². The fourth-order valence-corrected chi connectivity index (χ4v) is 1.46. The van der Waals surface area contributed by atoms with E-state index in [-0.39, 0.29) is 12.5 Å². The summed E-state index contributed by atoms with van der Waals surface area (Å²) in [5.41, 5.74) is 0.588. The number of rotatable bonds is 1. The number of halogens is 1. The Hall–Kier alpha value is -1.58. The molecule has 0 saturated heterocycles. The maximum atomic E-state index is 12.8. The molecule has 14 heavy (non-hydrogen) atoms. The lowest BCUT2D eigenvalue weighted by Gasteiger charge is -2.27. The number of fused-ring (bicyclic) bond motifs is 1. The van der Waals surface area contributed by atoms with Gasteiger partial charge >= 0.3 is 0 Å². The number of amides is 1. The van der Waals surface area contributed by atoms with E-state index in [1.54, 1.807) is 4.90 Å². The van der Waals surface area contributed by atoms with Gasteiger partial charge in [-0.15, -0.1) is 0 Å². The topological polar surface area (TPSA) is 29.5 Å². The molecule has 73 valence electrons. The fourth-order valence-electron chi connectivity index (χ4n) is 1.46. The smallest absolute Gasteiger partial charge is 0.265 e. The first-order valence-electron chi connectivity index (χ1n) is 4.36. The molecular weight excluding hydrogens is 185 g/mol. The van der Waals surface area contributed by atoms with Gasteiger partial charge in [-0.25, -0.2) is 4.39 Å². The van der Waals surface area contributed by atoms with Gasteiger partial charge in [-0.05, 0) is 13.0 Å². The predicted octanol–water partition coefficient (Wildman–Crippen LogP) is 1.37. The molecule has 0 aromatic heterocycles. The summed E-state index contributed by atoms with van der Waals surface area (Å²) in [5, 5.41) is 0. The predicted molar refractivity (Wildman–Crippen MR) is 48.8 cm³/mol. The average Bonchev–Trinajstić information content (AvgIpc) is 2.18. The summed E-state index contributed by atoms with van der Waals surface area (Å²) in [6.45, 7) is 2.38. The second-order valence-electron chi connectivity index (χ2n) is 2.96. The standard InChI is InChI=1S/C10H9FNO2/c1-2-12-8-4-3-7(11)5-9(8)14-6-10(12)13/h4-5H,2,6H2,1H3. The molecule has 0 spiro atoms. The van der Waals surface area contributed by atoms with Crippen molar-refractivity contribution in [1.82, 2.24) is 0 Å². The SMILES string of the molecule is CCN1C(=O)COc2cc(F)[c]cc21. The monoisotopic (exact) mass is 194 g/mol. The van der Waals surface area contributed by atoms with Crippen LogP contribution >= 0.6 is 0 Å². The molecule has 1 radical (unpaired) electrons. The van der Waals surface area contributed by atoms with Gasteiger partial charge in [-0.3, -0.25) is 4.79 Å². The van der Waals surface area contributed by atoms with E-state index in [0.717, 1.165) is 0 Å². The molecule has 1 heterocycles. The molecule has 0 fully saturated rings. The minimum absolute atomic E-state index is 0.0235. The number of carbonyl (C=O) groups is 1. The Balaban J connectivity index is 2.47. The van der Waals surface area contributed by atoms with Gasteiger partial charge in [0, 0.05) is 18.7 Å². The minimum Gasteiger partial charge on any atom is -0.481 e. The van der Waals surface area contributed by atoms with E-state index in [4.69, 9.17) is 4.74 Å². The zero-order chi connectivity index (χ0) is 10.1. The molecule has 3 nitrogen and oxygen atoms in total. The third-order valence-electron chi connectivity index (χ3n) is 2.12. The highest BCUT2D eigenvalue weighted by Gasteiger charge is 2.24. The first-order chi connectivity index (χ1) is 6.72. The molecule has 0 aliphatic carbocycles. The van der Waals surface area contributed by atoms with Gasteiger partial charge in [0.15, 0.2) is 6.61 Å². The van der Waals surface area contributed by atoms with Crippen LogP contribution in [-0.4, -0.2) is 19.1 Å². The number of benzene rings is 1. The van der Waals surface area contributed by atoms with E-state index in [9.17, 15) is 9.18 Å². The third kappa shape index (κ3) is 1.32. The Morgan fingerprint density at radius 3 is 3.21 bits per heavy atom. The van der Waals surface area contributed by atoms with Gasteiger partial charge in [0.05, 0.1) is 5.69 Å². The maximum absolute atomic E-state index is 12.8. The normalized spacial score (nSPS) is 15.0. The molecule has 0 N–H and O–H groups in total. The molecule has 1 aliphatic heterocycles. The highest BCUT2D eigenvalue weighted by molar-refractivity contribution is 5.97. The van der Waals surface area contributed by atoms with Crippen LogP contribution in [0.2, 0.25) is 0 Å². The third-order valence-corrected chi connectivity index (χ3v) is 2.12. The second kappa shape index (κ2) is 3.29. The van der Waals surface area contributed by atoms with Crippen LogP contribution < -0.4 is 9.64 Å². The zero-order valence-electron chi connectivity index (χ0n) is 7.71. The van der Waals surface area contributed by atoms with Gasteiger partial charge in [-0.1, -0.05) is 0 Å². The first kappa shape index (κ1) is 8.99. The molecular formula is C10H9FNO2. The molecule has 0 saturated carbocycles. The molecule has 1 aromatic rings. The van der Waals surface area contributed by atoms with Crippen molar-refractivity contribution in [2.75, 3.05) is 18.1 Å². The summed E-state index contributed by atoms with van der Waals surface area (Å²) < 4.78 is 17.9. The lowest BCUT2D eigenvalue weighted by molar-refractivity contribution is -0.121. The van der Waals surface area contributed by atoms with Gasteiger partial charge < -0.3 is 9.64 Å². The zero-order valence-corrected chi connectivity index (χ0v) is 7.71. The molecule has 0 unspecified atom stereocenters. The number of carbonyl (C=O) groups excluding carboxylic acids is 1. The summed E-state index contributed by atoms with van der Waals surface area (Å²) in [7, 11) is 0. The van der Waals surface area contributed by atoms with Crippen LogP contribution in [-0.2, 0) is 4.79 Å². The van der Waals surface area contributed by atoms with Gasteiger partial charge in [-0.2, -0.15) is 0 Å². The van der Waals surface area contributed by atoms with Crippen molar-refractivity contribution in [3.8, 4) is 5.75 Å². The van der Waals surface area contributed by atoms with Gasteiger partial charge in [0.2, 0.25) is 0 Å². The number of nitrogens with zero attached hydrogens (tertiary/aromatic N) is 1. The van der Waals surface area contributed by atoms with E-state index in [2.05, 4.69) is 6.07 Å². The molecule has 1 amide bonds. The summed E-state index contributed by atoms with van der Waals surface area (Å²) >= 11 is 0. The van der Waals surface area contributed by atoms with Crippen molar-refractivity contribution in [2.45, 2.75) is 6.92 Å². The Morgan fingerprint density at radius 2 is 2.50 bits per heavy atom. The van der Waals surface area contributed by atoms with Gasteiger partial charge in [0.1, 0.15) is 11.6 Å². The molecule has 1 aliphatic rings. The first-order valence-corrected chi connectivity index (χ1v) is 4.36. The Morgan fingerprint density at radius 1 is 1.71 bits per heavy atom. The molecule has 4 heteroatoms. The van der Waals surface area contributed by atoms with E-state index in [0.29, 0.717) is 18.0 Å². The van der Waals surface area contributed by atoms with Crippen LogP contribution in [0.15, 0.2) is 12.1 Å². The number of likely N-dealkylation sites (N-methyl/N-ethyl adjacent to an activating group) is 1. The average molecular weight is 194 g/mol. The molecule has 0 atom stereocenters. The Kier molecular flexibility index (Phi) is 2.11. The molecule has 2 rings (SSSR count). The quantitative estimate of drug-likeness (QED) is 0.675. The summed E-state index contributed by atoms with van der Waals surface area (Å²) in [4.78, 5) is 12.9. The van der Waals surface area contributed by atoms with E-state index >= 15 is 0 Å². The van der Waals surface area contributed by atoms with Crippen molar-refractivity contribution in [3.05, 3.63) is 24.0 Å². The van der Waals surface area contributed by atoms with Crippen LogP contribution in [0.1, 0.15) is 6.92 Å². The van der Waals surface area contributed by atoms with Crippen LogP contribution in [0.5, 0.6) is 5.75 Å². The minimum atomic E-state index is -0.478. The van der Waals surface area contributed by atoms with E-state index < -0.39 is 5.82 Å². The second-order valence-corrected chi connectivity index (χ2v) is 2.96. The highest BCUT2D eigenvalue weighted by Crippen LogP contribution is 2.31. The van der Waals surface area contributed by atoms with Crippen molar-refractivity contribution in [2.24, 2.45) is 0 Å². The summed E-state index contributed by atoms with van der Waals surface area (Å²) in [6.07, 6.45) is 0. The summed E-state index contributed by atoms with van der Waals surface area (Å²) in [5.74, 6) is -0.183. The molecule has 1 aromatic carbocycles. The van der Waals surface area contributed by atoms with Crippen LogP contribution in [0.25, 0.3) is 0 Å². The Bertz CT molecular complexity index is 378. The van der Waals surface area contributed by atoms with Crippen LogP contribution in [0, 0.1) is 11.9 Å². The van der Waals surface area contributed by atoms with Crippen molar-refractivity contribution in [3.63, 3.8) is 0 Å². The number of hydrogen-bond acceptors (Lipinski definition) is 2. The van der Waals surface area contributed by atoms with Crippen LogP contribution in [0.3, 0.4) is 0 Å². The Labute approximate surface area is 81.1 Å². The van der Waals surface area contributed by atoms with Crippen molar-refractivity contribution < 1.29 is 13.9 Å². The number of ether oxygens (including phenoxy) is 1. The van der Waals surface area contributed by atoms with Gasteiger partial charge in [0.25, 0.3) is 5.91 Å². The fraction of sp³-hybridized carbons (Fsp3) is 0.300. The lowest BCUT2D eigenvalue weighted by atomic mass is 10.2.